The van der Waals surface area contributed by atoms with Gasteiger partial charge in [-0.05, 0) is 55.3 Å². The molecular formula is C28H29F3N8O3. The number of pyridine rings is 1. The van der Waals surface area contributed by atoms with Gasteiger partial charge in [-0.1, -0.05) is 18.2 Å². The van der Waals surface area contributed by atoms with Crippen molar-refractivity contribution in [2.45, 2.75) is 31.7 Å². The number of imidazole rings is 1. The van der Waals surface area contributed by atoms with Crippen LogP contribution in [0, 0.1) is 5.41 Å². The lowest BCUT2D eigenvalue weighted by Crippen LogP contribution is -2.32. The Kier molecular flexibility index (Phi) is 9.25. The summed E-state index contributed by atoms with van der Waals surface area (Å²) in [6, 6.07) is 14.5. The van der Waals surface area contributed by atoms with E-state index in [0.29, 0.717) is 42.5 Å². The van der Waals surface area contributed by atoms with E-state index in [1.165, 1.54) is 18.2 Å². The van der Waals surface area contributed by atoms with Gasteiger partial charge in [-0.2, -0.15) is 0 Å². The van der Waals surface area contributed by atoms with Gasteiger partial charge in [0.2, 0.25) is 5.91 Å². The fraction of sp³-hybridized carbons (Fsp3) is 0.250. The zero-order chi connectivity index (χ0) is 30.3. The summed E-state index contributed by atoms with van der Waals surface area (Å²) in [6.07, 6.45) is -2.11. The third kappa shape index (κ3) is 7.74. The van der Waals surface area contributed by atoms with Crippen LogP contribution in [0.3, 0.4) is 0 Å². The average Bonchev–Trinajstić information content (AvgIpc) is 3.31. The topological polar surface area (TPSA) is 174 Å². The number of carbonyl (C=O) groups is 2. The Bertz CT molecular complexity index is 1570. The Morgan fingerprint density at radius 2 is 1.83 bits per heavy atom. The molecule has 0 saturated heterocycles. The number of halogens is 3. The molecule has 0 aliphatic heterocycles. The predicted octanol–water partition coefficient (Wildman–Crippen LogP) is 3.26. The van der Waals surface area contributed by atoms with Crippen LogP contribution < -0.4 is 26.8 Å². The van der Waals surface area contributed by atoms with Crippen molar-refractivity contribution in [3.63, 3.8) is 0 Å². The maximum Gasteiger partial charge on any atom is 0.573 e. The van der Waals surface area contributed by atoms with Gasteiger partial charge >= 0.3 is 6.36 Å². The van der Waals surface area contributed by atoms with Crippen LogP contribution in [0.1, 0.15) is 34.9 Å². The van der Waals surface area contributed by atoms with Crippen molar-refractivity contribution >= 4 is 28.8 Å². The number of hydrogen-bond donors (Lipinski definition) is 5. The first-order valence-electron chi connectivity index (χ1n) is 13.0. The molecule has 0 spiro atoms. The first kappa shape index (κ1) is 29.8. The summed E-state index contributed by atoms with van der Waals surface area (Å²) in [6.45, 7) is 0.635. The third-order valence-electron chi connectivity index (χ3n) is 6.28. The molecule has 42 heavy (non-hydrogen) atoms. The highest BCUT2D eigenvalue weighted by Gasteiger charge is 2.31. The molecule has 2 aromatic heterocycles. The number of benzene rings is 2. The molecule has 0 saturated carbocycles. The Labute approximate surface area is 238 Å². The molecule has 14 heteroatoms. The minimum Gasteiger partial charge on any atom is -0.406 e. The van der Waals surface area contributed by atoms with Crippen molar-refractivity contribution < 1.29 is 27.5 Å². The van der Waals surface area contributed by atoms with E-state index in [4.69, 9.17) is 16.9 Å². The average molecular weight is 583 g/mol. The quantitative estimate of drug-likeness (QED) is 0.0968. The molecule has 4 aromatic rings. The van der Waals surface area contributed by atoms with Crippen LogP contribution in [0.2, 0.25) is 0 Å². The van der Waals surface area contributed by atoms with Gasteiger partial charge in [-0.25, -0.2) is 4.98 Å². The van der Waals surface area contributed by atoms with E-state index in [9.17, 15) is 22.8 Å². The molecule has 0 bridgehead atoms. The first-order valence-corrected chi connectivity index (χ1v) is 13.0. The Balaban J connectivity index is 1.69. The van der Waals surface area contributed by atoms with Crippen LogP contribution in [-0.2, 0) is 11.2 Å². The van der Waals surface area contributed by atoms with Gasteiger partial charge in [-0.15, -0.1) is 13.2 Å². The first-order chi connectivity index (χ1) is 20.0. The Morgan fingerprint density at radius 3 is 2.52 bits per heavy atom. The fourth-order valence-corrected chi connectivity index (χ4v) is 4.46. The summed E-state index contributed by atoms with van der Waals surface area (Å²) in [5, 5.41) is 12.8. The van der Waals surface area contributed by atoms with Crippen LogP contribution in [0.15, 0.2) is 66.9 Å². The molecule has 4 rings (SSSR count). The van der Waals surface area contributed by atoms with E-state index in [-0.39, 0.29) is 29.7 Å². The second-order valence-corrected chi connectivity index (χ2v) is 9.31. The predicted molar refractivity (Wildman–Crippen MR) is 150 cm³/mol. The largest absolute Gasteiger partial charge is 0.573 e. The maximum atomic E-state index is 12.9. The molecule has 0 aliphatic rings. The number of rotatable bonds is 12. The van der Waals surface area contributed by atoms with E-state index < -0.39 is 24.1 Å². The summed E-state index contributed by atoms with van der Waals surface area (Å²) >= 11 is 0. The standard InChI is InChI=1S/C28H29F3N8O3/c29-28(30,31)42-20-7-3-5-17(15-20)25-38-21-16-18(26(41)36-14-11-19-6-1-2-12-35-19)9-10-22(21)39(25)23(24(32)40)8-4-13-37-27(33)34/h1-3,5-7,9-10,12,15-16,23H,4,8,11,13-14H2,(H2,32,40)(H,36,41)(H4,33,34,37)/t23-/m0/s1. The van der Waals surface area contributed by atoms with Gasteiger partial charge in [-0.3, -0.25) is 20.0 Å². The number of hydrogen-bond acceptors (Lipinski definition) is 6. The van der Waals surface area contributed by atoms with E-state index in [1.54, 1.807) is 29.0 Å². The molecular weight excluding hydrogens is 553 g/mol. The number of amides is 2. The van der Waals surface area contributed by atoms with E-state index in [1.807, 2.05) is 12.1 Å². The molecule has 2 heterocycles. The van der Waals surface area contributed by atoms with Crippen LogP contribution >= 0.6 is 0 Å². The summed E-state index contributed by atoms with van der Waals surface area (Å²) < 4.78 is 44.4. The number of fused-ring (bicyclic) bond motifs is 1. The van der Waals surface area contributed by atoms with E-state index in [0.717, 1.165) is 17.8 Å². The third-order valence-corrected chi connectivity index (χ3v) is 6.28. The summed E-state index contributed by atoms with van der Waals surface area (Å²) in [4.78, 5) is 34.4. The second-order valence-electron chi connectivity index (χ2n) is 9.31. The normalized spacial score (nSPS) is 12.1. The molecule has 0 fully saturated rings. The number of nitrogens with one attached hydrogen (secondary N) is 3. The lowest BCUT2D eigenvalue weighted by molar-refractivity contribution is -0.274. The minimum absolute atomic E-state index is 0.161. The number of guanidine groups is 1. The lowest BCUT2D eigenvalue weighted by atomic mass is 10.1. The molecule has 2 aromatic carbocycles. The summed E-state index contributed by atoms with van der Waals surface area (Å²) in [7, 11) is 0. The highest BCUT2D eigenvalue weighted by atomic mass is 19.4. The highest BCUT2D eigenvalue weighted by molar-refractivity contribution is 5.98. The van der Waals surface area contributed by atoms with E-state index in [2.05, 4.69) is 25.3 Å². The number of alkyl halides is 3. The van der Waals surface area contributed by atoms with Crippen molar-refractivity contribution in [2.24, 2.45) is 11.5 Å². The van der Waals surface area contributed by atoms with Gasteiger partial charge in [0.25, 0.3) is 5.91 Å². The summed E-state index contributed by atoms with van der Waals surface area (Å²) in [5.74, 6) is -1.59. The molecule has 220 valence electrons. The number of ether oxygens (including phenoxy) is 1. The van der Waals surface area contributed by atoms with Crippen LogP contribution in [0.4, 0.5) is 13.2 Å². The number of carbonyl (C=O) groups excluding carboxylic acids is 2. The van der Waals surface area contributed by atoms with Crippen LogP contribution in [0.25, 0.3) is 22.4 Å². The van der Waals surface area contributed by atoms with Crippen LogP contribution in [0.5, 0.6) is 5.75 Å². The molecule has 2 amide bonds. The zero-order valence-electron chi connectivity index (χ0n) is 22.3. The van der Waals surface area contributed by atoms with Crippen molar-refractivity contribution in [2.75, 3.05) is 13.1 Å². The number of nitrogens with zero attached hydrogens (tertiary/aromatic N) is 3. The van der Waals surface area contributed by atoms with Gasteiger partial charge in [0.05, 0.1) is 11.0 Å². The van der Waals surface area contributed by atoms with Gasteiger partial charge < -0.3 is 31.4 Å². The van der Waals surface area contributed by atoms with Gasteiger partial charge in [0.15, 0.2) is 5.96 Å². The minimum atomic E-state index is -4.91. The van der Waals surface area contributed by atoms with Crippen LogP contribution in [-0.4, -0.2) is 51.8 Å². The molecule has 7 N–H and O–H groups in total. The summed E-state index contributed by atoms with van der Waals surface area (Å²) in [5.41, 5.74) is 13.3. The molecule has 0 aliphatic carbocycles. The fourth-order valence-electron chi connectivity index (χ4n) is 4.46. The van der Waals surface area contributed by atoms with E-state index >= 15 is 0 Å². The highest BCUT2D eigenvalue weighted by Crippen LogP contribution is 2.33. The monoisotopic (exact) mass is 582 g/mol. The van der Waals surface area contributed by atoms with Crippen molar-refractivity contribution in [1.82, 2.24) is 25.2 Å². The number of primary amides is 1. The van der Waals surface area contributed by atoms with Gasteiger partial charge in [0.1, 0.15) is 17.6 Å². The molecule has 0 radical (unpaired) electrons. The molecule has 1 atom stereocenters. The van der Waals surface area contributed by atoms with Crippen molar-refractivity contribution in [3.05, 3.63) is 78.1 Å². The van der Waals surface area contributed by atoms with Crippen molar-refractivity contribution in [1.29, 1.82) is 5.41 Å². The number of aromatic nitrogens is 3. The van der Waals surface area contributed by atoms with Gasteiger partial charge in [0, 0.05) is 42.5 Å². The molecule has 11 nitrogen and oxygen atoms in total. The Hall–Kier alpha value is -5.14. The second kappa shape index (κ2) is 13.0. The number of nitrogens with two attached hydrogens (primary N) is 2. The smallest absolute Gasteiger partial charge is 0.406 e. The lowest BCUT2D eigenvalue weighted by Gasteiger charge is -2.20. The maximum absolute atomic E-state index is 12.9. The SMILES string of the molecule is N=C(N)NCCC[C@@H](C(N)=O)n1c(-c2cccc(OC(F)(F)F)c2)nc2cc(C(=O)NCCc3ccccn3)ccc21. The molecule has 0 unspecified atom stereocenters. The van der Waals surface area contributed by atoms with Crippen molar-refractivity contribution in [3.8, 4) is 17.1 Å². The zero-order valence-corrected chi connectivity index (χ0v) is 22.3. The Morgan fingerprint density at radius 1 is 1.02 bits per heavy atom.